The molecule has 6 nitrogen and oxygen atoms in total. The minimum Gasteiger partial charge on any atom is -0.465 e. The first-order valence-electron chi connectivity index (χ1n) is 5.40. The number of amides is 1. The largest absolute Gasteiger partial charge is 0.465 e. The topological polar surface area (TPSA) is 84.9 Å². The molecule has 1 amide bonds. The van der Waals surface area contributed by atoms with Crippen LogP contribution in [0.4, 0.5) is 4.79 Å². The number of carbonyl (C=O) groups excluding carboxylic acids is 1. The monoisotopic (exact) mass is 231 g/mol. The molecule has 2 unspecified atom stereocenters. The van der Waals surface area contributed by atoms with E-state index in [1.807, 2.05) is 0 Å². The number of aldehydes is 1. The fraction of sp³-hybridized carbons (Fsp3) is 0.800. The Labute approximate surface area is 93.9 Å². The first-order chi connectivity index (χ1) is 7.72. The molecule has 0 bridgehead atoms. The van der Waals surface area contributed by atoms with Gasteiger partial charge in [0.2, 0.25) is 0 Å². The second-order valence-electron chi connectivity index (χ2n) is 3.65. The predicted octanol–water partition coefficient (Wildman–Crippen LogP) is 0.755. The lowest BCUT2D eigenvalue weighted by Gasteiger charge is -2.23. The molecule has 16 heavy (non-hydrogen) atoms. The summed E-state index contributed by atoms with van der Waals surface area (Å²) >= 11 is 0. The Balaban J connectivity index is 2.12. The van der Waals surface area contributed by atoms with Crippen LogP contribution in [0.1, 0.15) is 25.7 Å². The van der Waals surface area contributed by atoms with Gasteiger partial charge in [0.05, 0.1) is 12.6 Å². The average molecular weight is 231 g/mol. The lowest BCUT2D eigenvalue weighted by molar-refractivity contribution is -0.163. The highest BCUT2D eigenvalue weighted by Gasteiger charge is 2.15. The van der Waals surface area contributed by atoms with Gasteiger partial charge in [-0.05, 0) is 25.7 Å². The van der Waals surface area contributed by atoms with Gasteiger partial charge in [-0.2, -0.15) is 0 Å². The average Bonchev–Trinajstić information content (AvgIpc) is 2.28. The van der Waals surface area contributed by atoms with Crippen molar-refractivity contribution >= 4 is 12.4 Å². The zero-order valence-corrected chi connectivity index (χ0v) is 9.05. The minimum absolute atomic E-state index is 0.203. The number of carboxylic acid groups (broad SMARTS) is 1. The fourth-order valence-electron chi connectivity index (χ4n) is 1.50. The van der Waals surface area contributed by atoms with Gasteiger partial charge in [-0.3, -0.25) is 0 Å². The Morgan fingerprint density at radius 2 is 2.44 bits per heavy atom. The highest BCUT2D eigenvalue weighted by molar-refractivity contribution is 5.71. The Morgan fingerprint density at radius 3 is 3.00 bits per heavy atom. The Kier molecular flexibility index (Phi) is 5.81. The standard InChI is InChI=1S/C10H17NO5/c12-7-8(11-10(13)14)4-6-16-9-3-1-2-5-15-9/h7-9,11H,1-6H2,(H,13,14). The summed E-state index contributed by atoms with van der Waals surface area (Å²) in [7, 11) is 0. The van der Waals surface area contributed by atoms with Crippen LogP contribution in [0.25, 0.3) is 0 Å². The zero-order valence-electron chi connectivity index (χ0n) is 9.05. The molecule has 2 N–H and O–H groups in total. The van der Waals surface area contributed by atoms with Crippen LogP contribution in [-0.2, 0) is 14.3 Å². The number of hydrogen-bond acceptors (Lipinski definition) is 4. The van der Waals surface area contributed by atoms with Crippen LogP contribution in [0, 0.1) is 0 Å². The normalized spacial score (nSPS) is 22.4. The summed E-state index contributed by atoms with van der Waals surface area (Å²) < 4.78 is 10.7. The predicted molar refractivity (Wildman–Crippen MR) is 55.2 cm³/mol. The molecular formula is C10H17NO5. The smallest absolute Gasteiger partial charge is 0.405 e. The molecule has 0 spiro atoms. The highest BCUT2D eigenvalue weighted by atomic mass is 16.7. The summed E-state index contributed by atoms with van der Waals surface area (Å²) in [4.78, 5) is 20.8. The Morgan fingerprint density at radius 1 is 1.62 bits per heavy atom. The van der Waals surface area contributed by atoms with E-state index in [2.05, 4.69) is 5.32 Å². The first-order valence-corrected chi connectivity index (χ1v) is 5.40. The van der Waals surface area contributed by atoms with Crippen molar-refractivity contribution in [3.05, 3.63) is 0 Å². The van der Waals surface area contributed by atoms with E-state index in [0.29, 0.717) is 25.9 Å². The van der Waals surface area contributed by atoms with Gasteiger partial charge in [0.25, 0.3) is 0 Å². The summed E-state index contributed by atoms with van der Waals surface area (Å²) in [6.07, 6.45) is 2.48. The molecule has 1 saturated heterocycles. The molecule has 0 aromatic heterocycles. The van der Waals surface area contributed by atoms with Crippen LogP contribution in [0.15, 0.2) is 0 Å². The van der Waals surface area contributed by atoms with Gasteiger partial charge in [-0.15, -0.1) is 0 Å². The van der Waals surface area contributed by atoms with E-state index in [9.17, 15) is 9.59 Å². The third kappa shape index (κ3) is 5.09. The zero-order chi connectivity index (χ0) is 11.8. The van der Waals surface area contributed by atoms with Gasteiger partial charge in [-0.1, -0.05) is 0 Å². The van der Waals surface area contributed by atoms with E-state index in [1.165, 1.54) is 0 Å². The van der Waals surface area contributed by atoms with E-state index >= 15 is 0 Å². The number of ether oxygens (including phenoxy) is 2. The van der Waals surface area contributed by atoms with E-state index in [0.717, 1.165) is 19.3 Å². The van der Waals surface area contributed by atoms with Gasteiger partial charge < -0.3 is 24.7 Å². The van der Waals surface area contributed by atoms with Crippen LogP contribution in [0.5, 0.6) is 0 Å². The van der Waals surface area contributed by atoms with E-state index < -0.39 is 12.1 Å². The van der Waals surface area contributed by atoms with Crippen molar-refractivity contribution in [2.75, 3.05) is 13.2 Å². The molecule has 2 atom stereocenters. The molecule has 92 valence electrons. The first kappa shape index (κ1) is 12.9. The Hall–Kier alpha value is -1.14. The summed E-state index contributed by atoms with van der Waals surface area (Å²) in [5, 5.41) is 10.5. The summed E-state index contributed by atoms with van der Waals surface area (Å²) in [5.74, 6) is 0. The molecule has 1 aliphatic rings. The second kappa shape index (κ2) is 7.19. The maximum absolute atomic E-state index is 10.5. The maximum Gasteiger partial charge on any atom is 0.405 e. The van der Waals surface area contributed by atoms with Crippen LogP contribution < -0.4 is 5.32 Å². The molecule has 0 aromatic rings. The summed E-state index contributed by atoms with van der Waals surface area (Å²) in [6, 6.07) is -0.707. The Bertz CT molecular complexity index is 227. The lowest BCUT2D eigenvalue weighted by atomic mass is 10.2. The maximum atomic E-state index is 10.5. The molecule has 1 aliphatic heterocycles. The SMILES string of the molecule is O=CC(CCOC1CCCCO1)NC(=O)O. The van der Waals surface area contributed by atoms with Crippen molar-refractivity contribution in [2.24, 2.45) is 0 Å². The van der Waals surface area contributed by atoms with E-state index in [4.69, 9.17) is 14.6 Å². The highest BCUT2D eigenvalue weighted by Crippen LogP contribution is 2.13. The molecule has 1 fully saturated rings. The van der Waals surface area contributed by atoms with Crippen LogP contribution in [-0.4, -0.2) is 43.0 Å². The molecule has 1 heterocycles. The van der Waals surface area contributed by atoms with Crippen molar-refractivity contribution in [1.82, 2.24) is 5.32 Å². The summed E-state index contributed by atoms with van der Waals surface area (Å²) in [6.45, 7) is 1.02. The summed E-state index contributed by atoms with van der Waals surface area (Å²) in [5.41, 5.74) is 0. The minimum atomic E-state index is -1.20. The van der Waals surface area contributed by atoms with Crippen LogP contribution in [0.3, 0.4) is 0 Å². The molecule has 6 heteroatoms. The molecule has 0 aliphatic carbocycles. The fourth-order valence-corrected chi connectivity index (χ4v) is 1.50. The van der Waals surface area contributed by atoms with Crippen molar-refractivity contribution < 1.29 is 24.2 Å². The lowest BCUT2D eigenvalue weighted by Crippen LogP contribution is -2.36. The third-order valence-corrected chi connectivity index (χ3v) is 2.34. The van der Waals surface area contributed by atoms with Crippen LogP contribution in [0.2, 0.25) is 0 Å². The third-order valence-electron chi connectivity index (χ3n) is 2.34. The van der Waals surface area contributed by atoms with E-state index in [-0.39, 0.29) is 6.29 Å². The van der Waals surface area contributed by atoms with Crippen molar-refractivity contribution in [3.8, 4) is 0 Å². The van der Waals surface area contributed by atoms with Crippen molar-refractivity contribution in [3.63, 3.8) is 0 Å². The molecular weight excluding hydrogens is 214 g/mol. The second-order valence-corrected chi connectivity index (χ2v) is 3.65. The number of carbonyl (C=O) groups is 2. The molecule has 0 aromatic carbocycles. The van der Waals surface area contributed by atoms with Crippen molar-refractivity contribution in [1.29, 1.82) is 0 Å². The molecule has 1 rings (SSSR count). The van der Waals surface area contributed by atoms with Gasteiger partial charge in [0.15, 0.2) is 6.29 Å². The number of rotatable bonds is 6. The van der Waals surface area contributed by atoms with Gasteiger partial charge in [-0.25, -0.2) is 4.79 Å². The van der Waals surface area contributed by atoms with Crippen LogP contribution >= 0.6 is 0 Å². The van der Waals surface area contributed by atoms with Gasteiger partial charge in [0.1, 0.15) is 6.29 Å². The molecule has 0 radical (unpaired) electrons. The van der Waals surface area contributed by atoms with Gasteiger partial charge >= 0.3 is 6.09 Å². The molecule has 0 saturated carbocycles. The van der Waals surface area contributed by atoms with Crippen molar-refractivity contribution in [2.45, 2.75) is 38.0 Å². The van der Waals surface area contributed by atoms with E-state index in [1.54, 1.807) is 0 Å². The quantitative estimate of drug-likeness (QED) is 0.659. The number of nitrogens with one attached hydrogen (secondary N) is 1. The number of hydrogen-bond donors (Lipinski definition) is 2. The van der Waals surface area contributed by atoms with Gasteiger partial charge in [0, 0.05) is 6.61 Å².